The lowest BCUT2D eigenvalue weighted by molar-refractivity contribution is -0.163. The van der Waals surface area contributed by atoms with Gasteiger partial charge in [0.15, 0.2) is 0 Å². The van der Waals surface area contributed by atoms with Gasteiger partial charge in [0.2, 0.25) is 17.3 Å². The topological polar surface area (TPSA) is 106 Å². The Kier molecular flexibility index (Phi) is 13.7. The molecule has 0 saturated carbocycles. The second-order valence-corrected chi connectivity index (χ2v) is 6.89. The summed E-state index contributed by atoms with van der Waals surface area (Å²) in [6, 6.07) is 0. The van der Waals surface area contributed by atoms with Gasteiger partial charge >= 0.3 is 17.7 Å². The monoisotopic (exact) mass is 395 g/mol. The van der Waals surface area contributed by atoms with Gasteiger partial charge in [-0.15, -0.1) is 0 Å². The van der Waals surface area contributed by atoms with Crippen LogP contribution in [0.1, 0.15) is 97.8 Å². The summed E-state index contributed by atoms with van der Waals surface area (Å²) in [4.78, 5) is 73.6. The number of hydrogen-bond acceptors (Lipinski definition) is 6. The van der Waals surface area contributed by atoms with E-state index in [-0.39, 0.29) is 24.2 Å². The molecule has 0 heterocycles. The molecule has 28 heavy (non-hydrogen) atoms. The van der Waals surface area contributed by atoms with Crippen LogP contribution in [0.4, 0.5) is 0 Å². The summed E-state index contributed by atoms with van der Waals surface area (Å²) < 4.78 is 0. The fourth-order valence-electron chi connectivity index (χ4n) is 2.58. The standard InChI is InChI=1S/C21H33NO6/c1-4-7-10-13-16(23)19(26)22(20(27)17(24)14-11-8-5-2)21(28)18(25)15-12-9-6-3/h4-15H2,1-3H3. The molecule has 0 unspecified atom stereocenters. The Labute approximate surface area is 167 Å². The molecule has 0 atom stereocenters. The number of hydrogen-bond donors (Lipinski definition) is 0. The largest absolute Gasteiger partial charge is 0.304 e. The van der Waals surface area contributed by atoms with Crippen LogP contribution in [0.25, 0.3) is 0 Å². The third-order valence-corrected chi connectivity index (χ3v) is 4.35. The maximum absolute atomic E-state index is 12.4. The summed E-state index contributed by atoms with van der Waals surface area (Å²) in [5.41, 5.74) is 0. The molecule has 0 N–H and O–H groups in total. The van der Waals surface area contributed by atoms with Crippen molar-refractivity contribution in [2.75, 3.05) is 0 Å². The summed E-state index contributed by atoms with van der Waals surface area (Å²) in [6.45, 7) is 5.78. The molecule has 0 fully saturated rings. The lowest BCUT2D eigenvalue weighted by Crippen LogP contribution is -2.50. The van der Waals surface area contributed by atoms with Crippen molar-refractivity contribution >= 4 is 35.1 Å². The maximum Gasteiger partial charge on any atom is 0.304 e. The van der Waals surface area contributed by atoms with E-state index in [1.807, 2.05) is 20.8 Å². The van der Waals surface area contributed by atoms with E-state index >= 15 is 0 Å². The van der Waals surface area contributed by atoms with Gasteiger partial charge in [0.1, 0.15) is 0 Å². The fourth-order valence-corrected chi connectivity index (χ4v) is 2.58. The van der Waals surface area contributed by atoms with Gasteiger partial charge in [0.05, 0.1) is 0 Å². The van der Waals surface area contributed by atoms with E-state index in [0.717, 1.165) is 19.3 Å². The van der Waals surface area contributed by atoms with Crippen LogP contribution in [0.3, 0.4) is 0 Å². The predicted molar refractivity (Wildman–Crippen MR) is 104 cm³/mol. The van der Waals surface area contributed by atoms with E-state index in [2.05, 4.69) is 0 Å². The lowest BCUT2D eigenvalue weighted by Gasteiger charge is -2.17. The van der Waals surface area contributed by atoms with Gasteiger partial charge in [-0.25, -0.2) is 0 Å². The van der Waals surface area contributed by atoms with Crippen LogP contribution in [0.5, 0.6) is 0 Å². The molecule has 0 aromatic carbocycles. The number of ketones is 3. The van der Waals surface area contributed by atoms with E-state index in [9.17, 15) is 28.8 Å². The molecule has 0 spiro atoms. The number of carbonyl (C=O) groups excluding carboxylic acids is 6. The second kappa shape index (κ2) is 14.8. The molecule has 0 saturated heterocycles. The molecule has 3 amide bonds. The highest BCUT2D eigenvalue weighted by Crippen LogP contribution is 2.09. The third kappa shape index (κ3) is 9.15. The van der Waals surface area contributed by atoms with Gasteiger partial charge in [-0.3, -0.25) is 28.8 Å². The normalized spacial score (nSPS) is 10.4. The minimum Gasteiger partial charge on any atom is -0.289 e. The number of Topliss-reactive ketones (excluding diaryl/α,β-unsaturated/α-hetero) is 3. The molecule has 158 valence electrons. The number of unbranched alkanes of at least 4 members (excludes halogenated alkanes) is 6. The van der Waals surface area contributed by atoms with Gasteiger partial charge in [-0.1, -0.05) is 59.3 Å². The zero-order valence-electron chi connectivity index (χ0n) is 17.4. The second-order valence-electron chi connectivity index (χ2n) is 6.89. The van der Waals surface area contributed by atoms with Crippen LogP contribution in [0, 0.1) is 0 Å². The van der Waals surface area contributed by atoms with Crippen molar-refractivity contribution in [1.29, 1.82) is 0 Å². The Morgan fingerprint density at radius 2 is 0.714 bits per heavy atom. The highest BCUT2D eigenvalue weighted by atomic mass is 16.2. The van der Waals surface area contributed by atoms with Crippen molar-refractivity contribution < 1.29 is 28.8 Å². The highest BCUT2D eigenvalue weighted by Gasteiger charge is 2.38. The number of carbonyl (C=O) groups is 6. The SMILES string of the molecule is CCCCCC(=O)C(=O)N(C(=O)C(=O)CCCCC)C(=O)C(=O)CCCCC. The van der Waals surface area contributed by atoms with Gasteiger partial charge in [0.25, 0.3) is 0 Å². The van der Waals surface area contributed by atoms with Crippen LogP contribution >= 0.6 is 0 Å². The minimum atomic E-state index is -1.38. The first-order valence-electron chi connectivity index (χ1n) is 10.3. The molecule has 7 nitrogen and oxygen atoms in total. The first-order chi connectivity index (χ1) is 13.3. The van der Waals surface area contributed by atoms with E-state index in [1.54, 1.807) is 0 Å². The van der Waals surface area contributed by atoms with Crippen LogP contribution in [-0.2, 0) is 28.8 Å². The predicted octanol–water partition coefficient (Wildman–Crippen LogP) is 3.32. The number of rotatable bonds is 15. The molecule has 0 radical (unpaired) electrons. The minimum absolute atomic E-state index is 0.0170. The van der Waals surface area contributed by atoms with Crippen LogP contribution in [-0.4, -0.2) is 40.0 Å². The van der Waals surface area contributed by atoms with Crippen LogP contribution in [0.2, 0.25) is 0 Å². The van der Waals surface area contributed by atoms with Gasteiger partial charge in [-0.05, 0) is 19.3 Å². The summed E-state index contributed by atoms with van der Waals surface area (Å²) in [6.07, 6.45) is 5.56. The summed E-state index contributed by atoms with van der Waals surface area (Å²) >= 11 is 0. The molecule has 0 aromatic heterocycles. The summed E-state index contributed by atoms with van der Waals surface area (Å²) in [7, 11) is 0. The Morgan fingerprint density at radius 3 is 0.929 bits per heavy atom. The third-order valence-electron chi connectivity index (χ3n) is 4.35. The van der Waals surface area contributed by atoms with Crippen molar-refractivity contribution in [3.8, 4) is 0 Å². The quantitative estimate of drug-likeness (QED) is 0.311. The first kappa shape index (κ1) is 25.8. The van der Waals surface area contributed by atoms with Crippen LogP contribution < -0.4 is 0 Å². The van der Waals surface area contributed by atoms with E-state index in [4.69, 9.17) is 0 Å². The smallest absolute Gasteiger partial charge is 0.289 e. The number of imide groups is 3. The molecule has 0 aliphatic rings. The Bertz CT molecular complexity index is 501. The molecule has 0 bridgehead atoms. The number of amides is 3. The van der Waals surface area contributed by atoms with Gasteiger partial charge in [-0.2, -0.15) is 4.90 Å². The van der Waals surface area contributed by atoms with Crippen molar-refractivity contribution in [3.05, 3.63) is 0 Å². The van der Waals surface area contributed by atoms with Crippen molar-refractivity contribution in [3.63, 3.8) is 0 Å². The Hall–Kier alpha value is -2.18. The van der Waals surface area contributed by atoms with Crippen molar-refractivity contribution in [1.82, 2.24) is 4.90 Å². The van der Waals surface area contributed by atoms with E-state index in [0.29, 0.717) is 38.5 Å². The lowest BCUT2D eigenvalue weighted by atomic mass is 10.1. The van der Waals surface area contributed by atoms with Gasteiger partial charge in [0, 0.05) is 19.3 Å². The summed E-state index contributed by atoms with van der Waals surface area (Å²) in [5.74, 6) is -6.93. The van der Waals surface area contributed by atoms with Crippen LogP contribution in [0.15, 0.2) is 0 Å². The van der Waals surface area contributed by atoms with Crippen molar-refractivity contribution in [2.24, 2.45) is 0 Å². The Morgan fingerprint density at radius 1 is 0.464 bits per heavy atom. The first-order valence-corrected chi connectivity index (χ1v) is 10.3. The molecule has 0 aliphatic heterocycles. The van der Waals surface area contributed by atoms with E-state index in [1.165, 1.54) is 0 Å². The molecule has 7 heteroatoms. The summed E-state index contributed by atoms with van der Waals surface area (Å²) in [5, 5.41) is 0. The van der Waals surface area contributed by atoms with Gasteiger partial charge < -0.3 is 0 Å². The molecular formula is C21H33NO6. The average Bonchev–Trinajstić information content (AvgIpc) is 2.67. The molecular weight excluding hydrogens is 362 g/mol. The maximum atomic E-state index is 12.4. The Balaban J connectivity index is 5.34. The average molecular weight is 395 g/mol. The fraction of sp³-hybridized carbons (Fsp3) is 0.714. The number of nitrogens with zero attached hydrogens (tertiary/aromatic N) is 1. The molecule has 0 aromatic rings. The molecule has 0 aliphatic carbocycles. The zero-order chi connectivity index (χ0) is 21.5. The molecule has 0 rings (SSSR count). The van der Waals surface area contributed by atoms with Crippen molar-refractivity contribution in [2.45, 2.75) is 97.8 Å². The highest BCUT2D eigenvalue weighted by molar-refractivity contribution is 6.56. The van der Waals surface area contributed by atoms with E-state index < -0.39 is 35.1 Å². The zero-order valence-corrected chi connectivity index (χ0v) is 17.4.